The van der Waals surface area contributed by atoms with E-state index in [2.05, 4.69) is 60.0 Å². The molecular weight excluding hydrogens is 528 g/mol. The fraction of sp³-hybridized carbons (Fsp3) is 0.0256. The molecule has 4 nitrogen and oxygen atoms in total. The first kappa shape index (κ1) is 25.0. The van der Waals surface area contributed by atoms with Crippen molar-refractivity contribution in [2.45, 2.75) is 6.92 Å². The van der Waals surface area contributed by atoms with E-state index in [1.807, 2.05) is 84.9 Å². The molecule has 0 bridgehead atoms. The quantitative estimate of drug-likeness (QED) is 0.204. The van der Waals surface area contributed by atoms with E-state index >= 15 is 0 Å². The van der Waals surface area contributed by atoms with Crippen molar-refractivity contribution in [3.8, 4) is 27.9 Å². The Hall–Kier alpha value is -5.74. The fourth-order valence-electron chi connectivity index (χ4n) is 6.48. The van der Waals surface area contributed by atoms with Crippen LogP contribution in [0.4, 0.5) is 5.69 Å². The lowest BCUT2D eigenvalue weighted by atomic mass is 9.98. The van der Waals surface area contributed by atoms with Crippen LogP contribution in [-0.4, -0.2) is 16.4 Å². The molecule has 0 saturated carbocycles. The van der Waals surface area contributed by atoms with Crippen LogP contribution in [0.15, 0.2) is 140 Å². The zero-order valence-electron chi connectivity index (χ0n) is 23.5. The molecule has 0 radical (unpaired) electrons. The lowest BCUT2D eigenvalue weighted by Gasteiger charge is -2.16. The molecule has 6 aromatic carbocycles. The van der Waals surface area contributed by atoms with Gasteiger partial charge in [-0.05, 0) is 59.5 Å². The van der Waals surface area contributed by atoms with Crippen molar-refractivity contribution in [2.24, 2.45) is 0 Å². The Morgan fingerprint density at radius 3 is 1.93 bits per heavy atom. The van der Waals surface area contributed by atoms with Gasteiger partial charge in [0.15, 0.2) is 0 Å². The van der Waals surface area contributed by atoms with Crippen LogP contribution >= 0.6 is 0 Å². The molecular formula is C39H26N2O2. The molecule has 2 amide bonds. The van der Waals surface area contributed by atoms with Crippen molar-refractivity contribution in [1.82, 2.24) is 4.57 Å². The number of fused-ring (bicyclic) bond motifs is 4. The summed E-state index contributed by atoms with van der Waals surface area (Å²) >= 11 is 0. The molecule has 4 heteroatoms. The summed E-state index contributed by atoms with van der Waals surface area (Å²) in [5, 5.41) is 2.19. The third-order valence-electron chi connectivity index (χ3n) is 8.50. The van der Waals surface area contributed by atoms with Gasteiger partial charge in [0.1, 0.15) is 0 Å². The average molecular weight is 555 g/mol. The minimum Gasteiger partial charge on any atom is -0.308 e. The zero-order chi connectivity index (χ0) is 29.1. The molecule has 43 heavy (non-hydrogen) atoms. The summed E-state index contributed by atoms with van der Waals surface area (Å²) in [6.45, 7) is 2.12. The van der Waals surface area contributed by atoms with Crippen molar-refractivity contribution in [2.75, 3.05) is 4.90 Å². The predicted molar refractivity (Wildman–Crippen MR) is 174 cm³/mol. The van der Waals surface area contributed by atoms with Crippen molar-refractivity contribution in [1.29, 1.82) is 0 Å². The summed E-state index contributed by atoms with van der Waals surface area (Å²) in [6, 6.07) is 46.2. The maximum atomic E-state index is 14.3. The molecule has 2 heterocycles. The number of aromatic nitrogens is 1. The highest BCUT2D eigenvalue weighted by molar-refractivity contribution is 6.36. The number of hydrogen-bond acceptors (Lipinski definition) is 2. The van der Waals surface area contributed by atoms with Gasteiger partial charge in [0, 0.05) is 16.3 Å². The van der Waals surface area contributed by atoms with Crippen LogP contribution < -0.4 is 4.90 Å². The minimum absolute atomic E-state index is 0.311. The fourth-order valence-corrected chi connectivity index (χ4v) is 6.48. The molecule has 0 fully saturated rings. The number of anilines is 1. The van der Waals surface area contributed by atoms with Gasteiger partial charge in [-0.15, -0.1) is 0 Å². The number of para-hydroxylation sites is 2. The van der Waals surface area contributed by atoms with E-state index in [0.717, 1.165) is 44.1 Å². The van der Waals surface area contributed by atoms with Gasteiger partial charge in [-0.25, -0.2) is 4.90 Å². The Morgan fingerprint density at radius 2 is 1.12 bits per heavy atom. The minimum atomic E-state index is -0.317. The molecule has 0 unspecified atom stereocenters. The molecule has 7 aromatic rings. The molecule has 204 valence electrons. The first-order valence-electron chi connectivity index (χ1n) is 14.4. The largest absolute Gasteiger partial charge is 0.308 e. The second-order valence-corrected chi connectivity index (χ2v) is 10.9. The molecule has 1 aliphatic rings. The predicted octanol–water partition coefficient (Wildman–Crippen LogP) is 9.23. The number of benzene rings is 6. The van der Waals surface area contributed by atoms with E-state index in [0.29, 0.717) is 22.5 Å². The van der Waals surface area contributed by atoms with Gasteiger partial charge in [0.05, 0.1) is 33.5 Å². The SMILES string of the molecule is Cc1ccccc1-c1cccc2c3ccccc3n(-c3cccc4c3C(=O)N(c3ccc(-c5ccccc5)cc3)C4=O)c12. The van der Waals surface area contributed by atoms with Gasteiger partial charge in [-0.2, -0.15) is 0 Å². The Bertz CT molecular complexity index is 2230. The van der Waals surface area contributed by atoms with Crippen molar-refractivity contribution in [3.05, 3.63) is 156 Å². The Morgan fingerprint density at radius 1 is 0.488 bits per heavy atom. The van der Waals surface area contributed by atoms with Gasteiger partial charge in [0.25, 0.3) is 11.8 Å². The topological polar surface area (TPSA) is 42.3 Å². The maximum absolute atomic E-state index is 14.3. The molecule has 0 atom stereocenters. The molecule has 1 aliphatic heterocycles. The number of aryl methyl sites for hydroxylation is 1. The highest BCUT2D eigenvalue weighted by Gasteiger charge is 2.39. The standard InChI is InChI=1S/C39H26N2O2/c1-25-11-5-6-14-29(25)31-16-9-17-32-30-15-7-8-19-34(30)41(37(31)32)35-20-10-18-33-36(35)39(43)40(38(33)42)28-23-21-27(22-24-28)26-12-3-2-4-13-26/h2-24H,1H3. The van der Waals surface area contributed by atoms with Crippen molar-refractivity contribution < 1.29 is 9.59 Å². The van der Waals surface area contributed by atoms with Crippen LogP contribution in [-0.2, 0) is 0 Å². The summed E-state index contributed by atoms with van der Waals surface area (Å²) in [7, 11) is 0. The van der Waals surface area contributed by atoms with Gasteiger partial charge in [-0.1, -0.05) is 109 Å². The molecule has 0 N–H and O–H groups in total. The van der Waals surface area contributed by atoms with Gasteiger partial charge >= 0.3 is 0 Å². The Balaban J connectivity index is 1.33. The Labute approximate surface area is 249 Å². The highest BCUT2D eigenvalue weighted by Crippen LogP contribution is 2.41. The van der Waals surface area contributed by atoms with Gasteiger partial charge in [-0.3, -0.25) is 9.59 Å². The number of nitrogens with zero attached hydrogens (tertiary/aromatic N) is 2. The summed E-state index contributed by atoms with van der Waals surface area (Å²) in [6.07, 6.45) is 0. The number of hydrogen-bond donors (Lipinski definition) is 0. The van der Waals surface area contributed by atoms with Gasteiger partial charge < -0.3 is 4.57 Å². The van der Waals surface area contributed by atoms with Crippen LogP contribution in [0.1, 0.15) is 26.3 Å². The third-order valence-corrected chi connectivity index (χ3v) is 8.50. The van der Waals surface area contributed by atoms with E-state index < -0.39 is 0 Å². The number of rotatable bonds is 4. The lowest BCUT2D eigenvalue weighted by molar-refractivity contribution is 0.0926. The first-order valence-corrected chi connectivity index (χ1v) is 14.4. The van der Waals surface area contributed by atoms with E-state index in [-0.39, 0.29) is 11.8 Å². The van der Waals surface area contributed by atoms with Crippen LogP contribution in [0, 0.1) is 6.92 Å². The van der Waals surface area contributed by atoms with E-state index in [1.165, 1.54) is 10.5 Å². The second kappa shape index (κ2) is 9.68. The molecule has 0 spiro atoms. The zero-order valence-corrected chi connectivity index (χ0v) is 23.5. The normalized spacial score (nSPS) is 12.8. The lowest BCUT2D eigenvalue weighted by Crippen LogP contribution is -2.29. The molecule has 1 aromatic heterocycles. The van der Waals surface area contributed by atoms with E-state index in [4.69, 9.17) is 0 Å². The number of imide groups is 1. The number of carbonyl (C=O) groups is 2. The van der Waals surface area contributed by atoms with Crippen LogP contribution in [0.3, 0.4) is 0 Å². The second-order valence-electron chi connectivity index (χ2n) is 10.9. The molecule has 8 rings (SSSR count). The van der Waals surface area contributed by atoms with Crippen LogP contribution in [0.5, 0.6) is 0 Å². The third kappa shape index (κ3) is 3.77. The van der Waals surface area contributed by atoms with Crippen molar-refractivity contribution in [3.63, 3.8) is 0 Å². The summed E-state index contributed by atoms with van der Waals surface area (Å²) < 4.78 is 2.17. The van der Waals surface area contributed by atoms with Crippen LogP contribution in [0.2, 0.25) is 0 Å². The smallest absolute Gasteiger partial charge is 0.268 e. The maximum Gasteiger partial charge on any atom is 0.268 e. The van der Waals surface area contributed by atoms with Crippen LogP contribution in [0.25, 0.3) is 49.7 Å². The van der Waals surface area contributed by atoms with E-state index in [1.54, 1.807) is 6.07 Å². The molecule has 0 saturated heterocycles. The monoisotopic (exact) mass is 554 g/mol. The molecule has 0 aliphatic carbocycles. The number of carbonyl (C=O) groups excluding carboxylic acids is 2. The van der Waals surface area contributed by atoms with Crippen molar-refractivity contribution >= 4 is 39.3 Å². The highest BCUT2D eigenvalue weighted by atomic mass is 16.2. The summed E-state index contributed by atoms with van der Waals surface area (Å²) in [4.78, 5) is 29.4. The first-order chi connectivity index (χ1) is 21.1. The summed E-state index contributed by atoms with van der Waals surface area (Å²) in [5.74, 6) is -0.628. The summed E-state index contributed by atoms with van der Waals surface area (Å²) in [5.41, 5.74) is 9.56. The number of amides is 2. The van der Waals surface area contributed by atoms with Gasteiger partial charge in [0.2, 0.25) is 0 Å². The average Bonchev–Trinajstić information content (AvgIpc) is 3.53. The Kier molecular flexibility index (Phi) is 5.63. The van der Waals surface area contributed by atoms with E-state index in [9.17, 15) is 9.59 Å².